The highest BCUT2D eigenvalue weighted by molar-refractivity contribution is 5.78. The molecule has 3 nitrogen and oxygen atoms in total. The quantitative estimate of drug-likeness (QED) is 0.793. The molecule has 0 aliphatic rings. The van der Waals surface area contributed by atoms with Gasteiger partial charge in [-0.3, -0.25) is 9.97 Å². The zero-order valence-corrected chi connectivity index (χ0v) is 10.8. The van der Waals surface area contributed by atoms with Crippen LogP contribution in [0, 0.1) is 5.82 Å². The van der Waals surface area contributed by atoms with Crippen molar-refractivity contribution < 1.29 is 4.39 Å². The lowest BCUT2D eigenvalue weighted by atomic mass is 9.98. The zero-order valence-electron chi connectivity index (χ0n) is 10.8. The smallest absolute Gasteiger partial charge is 0.123 e. The van der Waals surface area contributed by atoms with Gasteiger partial charge in [-0.05, 0) is 35.7 Å². The number of nitrogens with two attached hydrogens (primary N) is 1. The van der Waals surface area contributed by atoms with Crippen molar-refractivity contribution >= 4 is 11.0 Å². The van der Waals surface area contributed by atoms with Gasteiger partial charge in [0, 0.05) is 18.4 Å². The molecule has 20 heavy (non-hydrogen) atoms. The average Bonchev–Trinajstić information content (AvgIpc) is 2.46. The van der Waals surface area contributed by atoms with Crippen molar-refractivity contribution in [1.29, 1.82) is 0 Å². The summed E-state index contributed by atoms with van der Waals surface area (Å²) in [6.07, 6.45) is 3.87. The van der Waals surface area contributed by atoms with Crippen LogP contribution < -0.4 is 5.73 Å². The summed E-state index contributed by atoms with van der Waals surface area (Å²) in [6.45, 7) is 0. The molecule has 0 bridgehead atoms. The Hall–Kier alpha value is -2.33. The van der Waals surface area contributed by atoms with Gasteiger partial charge in [0.1, 0.15) is 5.82 Å². The van der Waals surface area contributed by atoms with Gasteiger partial charge in [-0.2, -0.15) is 0 Å². The van der Waals surface area contributed by atoms with Crippen LogP contribution in [0.1, 0.15) is 17.2 Å². The van der Waals surface area contributed by atoms with Crippen molar-refractivity contribution in [1.82, 2.24) is 9.97 Å². The number of rotatable bonds is 3. The number of hydrogen-bond acceptors (Lipinski definition) is 3. The van der Waals surface area contributed by atoms with E-state index < -0.39 is 0 Å². The van der Waals surface area contributed by atoms with Gasteiger partial charge in [-0.1, -0.05) is 24.3 Å². The number of benzene rings is 2. The normalized spacial score (nSPS) is 12.5. The number of para-hydroxylation sites is 1. The Labute approximate surface area is 116 Å². The summed E-state index contributed by atoms with van der Waals surface area (Å²) in [4.78, 5) is 8.61. The molecule has 0 spiro atoms. The van der Waals surface area contributed by atoms with Crippen molar-refractivity contribution in [2.45, 2.75) is 12.5 Å². The average molecular weight is 267 g/mol. The Balaban J connectivity index is 1.94. The third-order valence-electron chi connectivity index (χ3n) is 3.27. The van der Waals surface area contributed by atoms with Crippen LogP contribution in [0.15, 0.2) is 54.9 Å². The van der Waals surface area contributed by atoms with Crippen LogP contribution in [0.4, 0.5) is 4.39 Å². The van der Waals surface area contributed by atoms with Crippen LogP contribution in [0.5, 0.6) is 0 Å². The molecule has 1 atom stereocenters. The van der Waals surface area contributed by atoms with Crippen LogP contribution in [-0.4, -0.2) is 9.97 Å². The van der Waals surface area contributed by atoms with Crippen LogP contribution in [0.2, 0.25) is 0 Å². The van der Waals surface area contributed by atoms with E-state index in [1.165, 1.54) is 12.1 Å². The summed E-state index contributed by atoms with van der Waals surface area (Å²) >= 11 is 0. The molecule has 0 saturated carbocycles. The Morgan fingerprint density at radius 1 is 1.05 bits per heavy atom. The van der Waals surface area contributed by atoms with Gasteiger partial charge in [0.05, 0.1) is 11.0 Å². The fourth-order valence-corrected chi connectivity index (χ4v) is 2.34. The molecule has 3 rings (SSSR count). The van der Waals surface area contributed by atoms with E-state index in [9.17, 15) is 4.39 Å². The molecular formula is C16H14FN3. The predicted octanol–water partition coefficient (Wildman–Crippen LogP) is 3.01. The largest absolute Gasteiger partial charge is 0.324 e. The molecule has 0 saturated heterocycles. The second kappa shape index (κ2) is 5.35. The molecular weight excluding hydrogens is 253 g/mol. The molecule has 100 valence electrons. The van der Waals surface area contributed by atoms with Crippen molar-refractivity contribution in [2.75, 3.05) is 0 Å². The summed E-state index contributed by atoms with van der Waals surface area (Å²) in [6, 6.07) is 12.0. The minimum absolute atomic E-state index is 0.239. The SMILES string of the molecule is NC(Cc1cccc(F)c1)c1cccc2nccnc12. The summed E-state index contributed by atoms with van der Waals surface area (Å²) in [7, 11) is 0. The first-order chi connectivity index (χ1) is 9.74. The third kappa shape index (κ3) is 2.51. The fourth-order valence-electron chi connectivity index (χ4n) is 2.34. The first-order valence-electron chi connectivity index (χ1n) is 6.44. The lowest BCUT2D eigenvalue weighted by Gasteiger charge is -2.14. The second-order valence-corrected chi connectivity index (χ2v) is 4.71. The molecule has 1 aromatic heterocycles. The van der Waals surface area contributed by atoms with E-state index in [1.54, 1.807) is 18.5 Å². The van der Waals surface area contributed by atoms with Crippen LogP contribution >= 0.6 is 0 Å². The maximum absolute atomic E-state index is 13.2. The van der Waals surface area contributed by atoms with Gasteiger partial charge in [0.25, 0.3) is 0 Å². The maximum Gasteiger partial charge on any atom is 0.123 e. The van der Waals surface area contributed by atoms with Gasteiger partial charge in [-0.15, -0.1) is 0 Å². The third-order valence-corrected chi connectivity index (χ3v) is 3.27. The summed E-state index contributed by atoms with van der Waals surface area (Å²) in [5.41, 5.74) is 9.68. The van der Waals surface area contributed by atoms with Gasteiger partial charge in [-0.25, -0.2) is 4.39 Å². The number of fused-ring (bicyclic) bond motifs is 1. The minimum atomic E-state index is -0.243. The van der Waals surface area contributed by atoms with E-state index in [1.807, 2.05) is 24.3 Å². The van der Waals surface area contributed by atoms with Crippen molar-refractivity contribution in [2.24, 2.45) is 5.73 Å². The van der Waals surface area contributed by atoms with Gasteiger partial charge < -0.3 is 5.73 Å². The van der Waals surface area contributed by atoms with Crippen molar-refractivity contribution in [3.63, 3.8) is 0 Å². The highest BCUT2D eigenvalue weighted by Gasteiger charge is 2.12. The Bertz CT molecular complexity index is 737. The molecule has 0 fully saturated rings. The van der Waals surface area contributed by atoms with Gasteiger partial charge >= 0.3 is 0 Å². The van der Waals surface area contributed by atoms with Gasteiger partial charge in [0.2, 0.25) is 0 Å². The van der Waals surface area contributed by atoms with Crippen molar-refractivity contribution in [3.8, 4) is 0 Å². The van der Waals surface area contributed by atoms with Crippen LogP contribution in [0.25, 0.3) is 11.0 Å². The Morgan fingerprint density at radius 3 is 2.70 bits per heavy atom. The van der Waals surface area contributed by atoms with E-state index in [0.29, 0.717) is 6.42 Å². The molecule has 2 N–H and O–H groups in total. The topological polar surface area (TPSA) is 51.8 Å². The highest BCUT2D eigenvalue weighted by atomic mass is 19.1. The summed E-state index contributed by atoms with van der Waals surface area (Å²) in [5, 5.41) is 0. The number of hydrogen-bond donors (Lipinski definition) is 1. The first-order valence-corrected chi connectivity index (χ1v) is 6.44. The number of halogens is 1. The number of aromatic nitrogens is 2. The lowest BCUT2D eigenvalue weighted by molar-refractivity contribution is 0.622. The molecule has 0 radical (unpaired) electrons. The second-order valence-electron chi connectivity index (χ2n) is 4.71. The Kier molecular flexibility index (Phi) is 3.39. The first kappa shape index (κ1) is 12.7. The molecule has 0 aliphatic carbocycles. The monoisotopic (exact) mass is 267 g/mol. The van der Waals surface area contributed by atoms with E-state index in [2.05, 4.69) is 9.97 Å². The van der Waals surface area contributed by atoms with Crippen molar-refractivity contribution in [3.05, 3.63) is 71.8 Å². The summed E-state index contributed by atoms with van der Waals surface area (Å²) < 4.78 is 13.2. The Morgan fingerprint density at radius 2 is 1.85 bits per heavy atom. The highest BCUT2D eigenvalue weighted by Crippen LogP contribution is 2.22. The van der Waals surface area contributed by atoms with E-state index >= 15 is 0 Å². The molecule has 3 aromatic rings. The molecule has 1 unspecified atom stereocenters. The van der Waals surface area contributed by atoms with E-state index in [0.717, 1.165) is 22.2 Å². The molecule has 1 heterocycles. The minimum Gasteiger partial charge on any atom is -0.324 e. The molecule has 0 aliphatic heterocycles. The predicted molar refractivity (Wildman–Crippen MR) is 76.6 cm³/mol. The summed E-state index contributed by atoms with van der Waals surface area (Å²) in [5.74, 6) is -0.243. The standard InChI is InChI=1S/C16H14FN3/c17-12-4-1-3-11(9-12)10-14(18)13-5-2-6-15-16(13)20-8-7-19-15/h1-9,14H,10,18H2. The van der Waals surface area contributed by atoms with Crippen LogP contribution in [0.3, 0.4) is 0 Å². The number of nitrogens with zero attached hydrogens (tertiary/aromatic N) is 2. The molecule has 4 heteroatoms. The van der Waals surface area contributed by atoms with E-state index in [-0.39, 0.29) is 11.9 Å². The molecule has 2 aromatic carbocycles. The van der Waals surface area contributed by atoms with E-state index in [4.69, 9.17) is 5.73 Å². The van der Waals surface area contributed by atoms with Gasteiger partial charge in [0.15, 0.2) is 0 Å². The lowest BCUT2D eigenvalue weighted by Crippen LogP contribution is -2.14. The zero-order chi connectivity index (χ0) is 13.9. The maximum atomic E-state index is 13.2. The van der Waals surface area contributed by atoms with Crippen LogP contribution in [-0.2, 0) is 6.42 Å². The fraction of sp³-hybridized carbons (Fsp3) is 0.125. The molecule has 0 amide bonds.